The van der Waals surface area contributed by atoms with Gasteiger partial charge in [0.05, 0.1) is 0 Å². The number of benzene rings is 1. The number of aliphatic hydroxyl groups excluding tert-OH is 1. The number of allylic oxidation sites excluding steroid dienone is 1. The van der Waals surface area contributed by atoms with Gasteiger partial charge in [0.15, 0.2) is 0 Å². The maximum absolute atomic E-state index is 9.54. The van der Waals surface area contributed by atoms with Gasteiger partial charge in [-0.2, -0.15) is 0 Å². The second-order valence-electron chi connectivity index (χ2n) is 2.63. The van der Waals surface area contributed by atoms with Crippen molar-refractivity contribution in [3.8, 4) is 11.8 Å². The van der Waals surface area contributed by atoms with E-state index in [0.717, 1.165) is 5.56 Å². The summed E-state index contributed by atoms with van der Waals surface area (Å²) in [7, 11) is 0. The molecule has 13 heavy (non-hydrogen) atoms. The molecule has 0 saturated carbocycles. The molecule has 0 aliphatic carbocycles. The first kappa shape index (κ1) is 9.57. The van der Waals surface area contributed by atoms with Crippen LogP contribution >= 0.6 is 0 Å². The summed E-state index contributed by atoms with van der Waals surface area (Å²) in [6.07, 6.45) is 1.65. The van der Waals surface area contributed by atoms with E-state index in [2.05, 4.69) is 18.4 Å². The fourth-order valence-corrected chi connectivity index (χ4v) is 0.946. The van der Waals surface area contributed by atoms with E-state index >= 15 is 0 Å². The second kappa shape index (κ2) is 5.18. The minimum atomic E-state index is -0.679. The first-order chi connectivity index (χ1) is 6.34. The fraction of sp³-hybridized carbons (Fsp3) is 0.167. The van der Waals surface area contributed by atoms with E-state index in [1.807, 2.05) is 30.3 Å². The predicted octanol–water partition coefficient (Wildman–Crippen LogP) is 2.30. The summed E-state index contributed by atoms with van der Waals surface area (Å²) in [5.74, 6) is 5.55. The van der Waals surface area contributed by atoms with Crippen LogP contribution in [0.15, 0.2) is 43.0 Å². The van der Waals surface area contributed by atoms with Crippen LogP contribution in [0.1, 0.15) is 18.1 Å². The predicted molar refractivity (Wildman–Crippen MR) is 54.0 cm³/mol. The van der Waals surface area contributed by atoms with E-state index in [4.69, 9.17) is 0 Å². The molecule has 1 atom stereocenters. The molecule has 0 spiro atoms. The number of rotatable bonds is 2. The molecule has 66 valence electrons. The van der Waals surface area contributed by atoms with E-state index < -0.39 is 6.10 Å². The van der Waals surface area contributed by atoms with Crippen LogP contribution in [-0.4, -0.2) is 5.11 Å². The van der Waals surface area contributed by atoms with Gasteiger partial charge in [0.1, 0.15) is 6.10 Å². The Hall–Kier alpha value is -1.52. The van der Waals surface area contributed by atoms with Crippen molar-refractivity contribution in [2.24, 2.45) is 0 Å². The lowest BCUT2D eigenvalue weighted by molar-refractivity contribution is 0.238. The fourth-order valence-electron chi connectivity index (χ4n) is 0.946. The molecule has 1 rings (SSSR count). The Morgan fingerprint density at radius 1 is 1.38 bits per heavy atom. The van der Waals surface area contributed by atoms with E-state index in [1.54, 1.807) is 6.08 Å². The molecule has 0 amide bonds. The van der Waals surface area contributed by atoms with Crippen LogP contribution in [0.4, 0.5) is 0 Å². The summed E-state index contributed by atoms with van der Waals surface area (Å²) in [5.41, 5.74) is 0.832. The lowest BCUT2D eigenvalue weighted by atomic mass is 10.1. The molecule has 1 nitrogen and oxygen atoms in total. The number of aliphatic hydroxyl groups is 1. The third-order valence-electron chi connectivity index (χ3n) is 1.60. The van der Waals surface area contributed by atoms with Gasteiger partial charge in [-0.25, -0.2) is 0 Å². The first-order valence-electron chi connectivity index (χ1n) is 4.17. The van der Waals surface area contributed by atoms with Gasteiger partial charge in [-0.3, -0.25) is 0 Å². The summed E-state index contributed by atoms with van der Waals surface area (Å²) in [6, 6.07) is 9.38. The Labute approximate surface area is 78.7 Å². The zero-order chi connectivity index (χ0) is 9.52. The molecule has 1 aromatic rings. The lowest BCUT2D eigenvalue weighted by Crippen LogP contribution is -1.92. The van der Waals surface area contributed by atoms with E-state index in [-0.39, 0.29) is 0 Å². The normalized spacial score (nSPS) is 11.2. The average Bonchev–Trinajstić information content (AvgIpc) is 2.19. The molecule has 1 N–H and O–H groups in total. The van der Waals surface area contributed by atoms with E-state index in [0.29, 0.717) is 6.42 Å². The highest BCUT2D eigenvalue weighted by atomic mass is 16.3. The molecule has 0 radical (unpaired) electrons. The van der Waals surface area contributed by atoms with Gasteiger partial charge in [-0.15, -0.1) is 6.58 Å². The van der Waals surface area contributed by atoms with Gasteiger partial charge < -0.3 is 5.11 Å². The molecule has 0 heterocycles. The van der Waals surface area contributed by atoms with E-state index in [9.17, 15) is 5.11 Å². The molecule has 1 unspecified atom stereocenters. The third-order valence-corrected chi connectivity index (χ3v) is 1.60. The maximum Gasteiger partial charge on any atom is 0.140 e. The Bertz CT molecular complexity index is 316. The Morgan fingerprint density at radius 2 is 2.08 bits per heavy atom. The average molecular weight is 172 g/mol. The van der Waals surface area contributed by atoms with Crippen LogP contribution in [0.3, 0.4) is 0 Å². The summed E-state index contributed by atoms with van der Waals surface area (Å²) in [6.45, 7) is 3.55. The topological polar surface area (TPSA) is 20.2 Å². The quantitative estimate of drug-likeness (QED) is 0.536. The molecule has 1 heteroatoms. The first-order valence-corrected chi connectivity index (χ1v) is 4.17. The van der Waals surface area contributed by atoms with Crippen LogP contribution in [0.25, 0.3) is 0 Å². The van der Waals surface area contributed by atoms with Crippen molar-refractivity contribution < 1.29 is 5.11 Å². The van der Waals surface area contributed by atoms with Crippen LogP contribution in [-0.2, 0) is 0 Å². The van der Waals surface area contributed by atoms with Crippen molar-refractivity contribution in [2.75, 3.05) is 0 Å². The van der Waals surface area contributed by atoms with Crippen LogP contribution in [0, 0.1) is 11.8 Å². The summed E-state index contributed by atoms with van der Waals surface area (Å²) >= 11 is 0. The van der Waals surface area contributed by atoms with E-state index in [1.165, 1.54) is 0 Å². The monoisotopic (exact) mass is 172 g/mol. The Morgan fingerprint density at radius 3 is 2.69 bits per heavy atom. The van der Waals surface area contributed by atoms with Crippen LogP contribution in [0.5, 0.6) is 0 Å². The smallest absolute Gasteiger partial charge is 0.140 e. The second-order valence-corrected chi connectivity index (χ2v) is 2.63. The Balaban J connectivity index is 2.65. The largest absolute Gasteiger partial charge is 0.376 e. The highest BCUT2D eigenvalue weighted by Crippen LogP contribution is 2.09. The zero-order valence-electron chi connectivity index (χ0n) is 7.40. The highest BCUT2D eigenvalue weighted by molar-refractivity contribution is 5.24. The van der Waals surface area contributed by atoms with Gasteiger partial charge in [0.2, 0.25) is 0 Å². The molecular formula is C12H12O. The summed E-state index contributed by atoms with van der Waals surface area (Å²) in [5, 5.41) is 9.54. The molecule has 0 fully saturated rings. The lowest BCUT2D eigenvalue weighted by Gasteiger charge is -2.01. The summed E-state index contributed by atoms with van der Waals surface area (Å²) < 4.78 is 0. The van der Waals surface area contributed by atoms with Crippen molar-refractivity contribution >= 4 is 0 Å². The summed E-state index contributed by atoms with van der Waals surface area (Å²) in [4.78, 5) is 0. The van der Waals surface area contributed by atoms with Crippen LogP contribution in [0.2, 0.25) is 0 Å². The van der Waals surface area contributed by atoms with Crippen LogP contribution < -0.4 is 0 Å². The Kier molecular flexibility index (Phi) is 3.81. The standard InChI is InChI=1S/C12H12O/c1-2-3-5-10-12(13)11-8-6-4-7-9-11/h2,4,6-9,12-13H,1,3H2. The van der Waals surface area contributed by atoms with Gasteiger partial charge >= 0.3 is 0 Å². The zero-order valence-corrected chi connectivity index (χ0v) is 7.40. The molecule has 0 aromatic heterocycles. The van der Waals surface area contributed by atoms with Crippen molar-refractivity contribution in [3.63, 3.8) is 0 Å². The third kappa shape index (κ3) is 3.14. The van der Waals surface area contributed by atoms with Gasteiger partial charge in [-0.1, -0.05) is 48.2 Å². The molecule has 0 aliphatic heterocycles. The SMILES string of the molecule is C=CCC#CC(O)c1ccccc1. The molecule has 1 aromatic carbocycles. The van der Waals surface area contributed by atoms with Crippen molar-refractivity contribution in [3.05, 3.63) is 48.6 Å². The number of hydrogen-bond donors (Lipinski definition) is 1. The minimum absolute atomic E-state index is 0.615. The molecular weight excluding hydrogens is 160 g/mol. The van der Waals surface area contributed by atoms with Gasteiger partial charge in [0.25, 0.3) is 0 Å². The van der Waals surface area contributed by atoms with Crippen molar-refractivity contribution in [2.45, 2.75) is 12.5 Å². The number of hydrogen-bond acceptors (Lipinski definition) is 1. The van der Waals surface area contributed by atoms with Gasteiger partial charge in [-0.05, 0) is 5.56 Å². The highest BCUT2D eigenvalue weighted by Gasteiger charge is 1.99. The molecule has 0 bridgehead atoms. The maximum atomic E-state index is 9.54. The molecule has 0 saturated heterocycles. The molecule has 0 aliphatic rings. The van der Waals surface area contributed by atoms with Gasteiger partial charge in [0, 0.05) is 6.42 Å². The van der Waals surface area contributed by atoms with Crippen molar-refractivity contribution in [1.29, 1.82) is 0 Å². The van der Waals surface area contributed by atoms with Crippen molar-refractivity contribution in [1.82, 2.24) is 0 Å². The minimum Gasteiger partial charge on any atom is -0.376 e.